The lowest BCUT2D eigenvalue weighted by atomic mass is 9.93. The van der Waals surface area contributed by atoms with E-state index in [1.54, 1.807) is 6.20 Å². The van der Waals surface area contributed by atoms with Crippen molar-refractivity contribution in [1.29, 1.82) is 0 Å². The topological polar surface area (TPSA) is 55.4 Å². The van der Waals surface area contributed by atoms with Crippen LogP contribution in [0.25, 0.3) is 5.52 Å². The quantitative estimate of drug-likeness (QED) is 0.744. The fourth-order valence-electron chi connectivity index (χ4n) is 3.58. The molecule has 1 fully saturated rings. The molecular formula is C18H21N5O. The molecule has 1 aliphatic heterocycles. The van der Waals surface area contributed by atoms with Crippen molar-refractivity contribution in [2.75, 3.05) is 13.1 Å². The van der Waals surface area contributed by atoms with Gasteiger partial charge in [0.25, 0.3) is 5.91 Å². The monoisotopic (exact) mass is 323 g/mol. The van der Waals surface area contributed by atoms with E-state index in [1.165, 1.54) is 5.69 Å². The van der Waals surface area contributed by atoms with Crippen molar-refractivity contribution in [1.82, 2.24) is 24.1 Å². The maximum absolute atomic E-state index is 12.8. The Morgan fingerprint density at radius 1 is 1.25 bits per heavy atom. The highest BCUT2D eigenvalue weighted by Crippen LogP contribution is 2.28. The van der Waals surface area contributed by atoms with E-state index in [9.17, 15) is 4.79 Å². The zero-order valence-corrected chi connectivity index (χ0v) is 13.8. The van der Waals surface area contributed by atoms with Gasteiger partial charge in [-0.1, -0.05) is 6.07 Å². The van der Waals surface area contributed by atoms with E-state index in [4.69, 9.17) is 0 Å². The molecule has 124 valence electrons. The number of amides is 1. The van der Waals surface area contributed by atoms with Gasteiger partial charge in [-0.2, -0.15) is 5.10 Å². The van der Waals surface area contributed by atoms with Gasteiger partial charge in [-0.3, -0.25) is 13.9 Å². The standard InChI is InChI=1S/C18H21N5O/c1-2-23-16(6-9-20-23)14-7-11-21(12-8-14)18(24)17-19-13-15-5-3-4-10-22(15)17/h3-6,9-10,13-14H,2,7-8,11-12H2,1H3. The first-order valence-corrected chi connectivity index (χ1v) is 8.51. The summed E-state index contributed by atoms with van der Waals surface area (Å²) >= 11 is 0. The first kappa shape index (κ1) is 14.9. The summed E-state index contributed by atoms with van der Waals surface area (Å²) in [4.78, 5) is 19.1. The van der Waals surface area contributed by atoms with Crippen LogP contribution in [0.4, 0.5) is 0 Å². The highest BCUT2D eigenvalue weighted by atomic mass is 16.2. The van der Waals surface area contributed by atoms with Crippen LogP contribution < -0.4 is 0 Å². The molecule has 0 aromatic carbocycles. The first-order valence-electron chi connectivity index (χ1n) is 8.51. The van der Waals surface area contributed by atoms with Gasteiger partial charge in [0, 0.05) is 43.6 Å². The van der Waals surface area contributed by atoms with E-state index in [0.717, 1.165) is 38.0 Å². The second-order valence-electron chi connectivity index (χ2n) is 6.22. The molecular weight excluding hydrogens is 302 g/mol. The molecule has 4 rings (SSSR count). The molecule has 0 saturated carbocycles. The van der Waals surface area contributed by atoms with E-state index >= 15 is 0 Å². The van der Waals surface area contributed by atoms with E-state index in [2.05, 4.69) is 27.8 Å². The molecule has 0 atom stereocenters. The maximum Gasteiger partial charge on any atom is 0.290 e. The summed E-state index contributed by atoms with van der Waals surface area (Å²) < 4.78 is 3.92. The molecule has 1 aliphatic rings. The van der Waals surface area contributed by atoms with E-state index in [1.807, 2.05) is 39.9 Å². The van der Waals surface area contributed by atoms with Crippen molar-refractivity contribution in [2.45, 2.75) is 32.2 Å². The highest BCUT2D eigenvalue weighted by Gasteiger charge is 2.28. The van der Waals surface area contributed by atoms with E-state index < -0.39 is 0 Å². The first-order chi connectivity index (χ1) is 11.8. The van der Waals surface area contributed by atoms with Crippen LogP contribution >= 0.6 is 0 Å². The third-order valence-electron chi connectivity index (χ3n) is 4.88. The minimum atomic E-state index is 0.0173. The fourth-order valence-corrected chi connectivity index (χ4v) is 3.58. The van der Waals surface area contributed by atoms with Gasteiger partial charge in [-0.15, -0.1) is 0 Å². The van der Waals surface area contributed by atoms with Crippen LogP contribution in [-0.2, 0) is 6.54 Å². The van der Waals surface area contributed by atoms with Gasteiger partial charge in [0.15, 0.2) is 0 Å². The maximum atomic E-state index is 12.8. The minimum Gasteiger partial charge on any atom is -0.336 e. The Morgan fingerprint density at radius 3 is 2.88 bits per heavy atom. The highest BCUT2D eigenvalue weighted by molar-refractivity contribution is 5.92. The average Bonchev–Trinajstić information content (AvgIpc) is 3.28. The molecule has 3 aromatic heterocycles. The zero-order chi connectivity index (χ0) is 16.5. The summed E-state index contributed by atoms with van der Waals surface area (Å²) in [6.07, 6.45) is 7.45. The molecule has 0 spiro atoms. The van der Waals surface area contributed by atoms with Crippen molar-refractivity contribution in [3.8, 4) is 0 Å². The van der Waals surface area contributed by atoms with E-state index in [-0.39, 0.29) is 5.91 Å². The Bertz CT molecular complexity index is 857. The number of carbonyl (C=O) groups is 1. The van der Waals surface area contributed by atoms with Crippen molar-refractivity contribution >= 4 is 11.4 Å². The van der Waals surface area contributed by atoms with Crippen LogP contribution in [0.1, 0.15) is 42.0 Å². The van der Waals surface area contributed by atoms with Gasteiger partial charge in [0.1, 0.15) is 0 Å². The Morgan fingerprint density at radius 2 is 2.08 bits per heavy atom. The van der Waals surface area contributed by atoms with Gasteiger partial charge in [0.05, 0.1) is 11.7 Å². The molecule has 0 radical (unpaired) electrons. The number of likely N-dealkylation sites (tertiary alicyclic amines) is 1. The van der Waals surface area contributed by atoms with Crippen molar-refractivity contribution < 1.29 is 4.79 Å². The van der Waals surface area contributed by atoms with Crippen LogP contribution in [0.2, 0.25) is 0 Å². The Hall–Kier alpha value is -2.63. The predicted octanol–water partition coefficient (Wildman–Crippen LogP) is 2.57. The smallest absolute Gasteiger partial charge is 0.290 e. The molecule has 24 heavy (non-hydrogen) atoms. The predicted molar refractivity (Wildman–Crippen MR) is 91.0 cm³/mol. The number of aromatic nitrogens is 4. The summed E-state index contributed by atoms with van der Waals surface area (Å²) in [5.74, 6) is 1.000. The number of piperidine rings is 1. The molecule has 0 aliphatic carbocycles. The summed E-state index contributed by atoms with van der Waals surface area (Å²) in [5.41, 5.74) is 2.23. The Labute approximate surface area is 140 Å². The fraction of sp³-hybridized carbons (Fsp3) is 0.389. The van der Waals surface area contributed by atoms with Crippen LogP contribution in [0.3, 0.4) is 0 Å². The molecule has 3 aromatic rings. The second-order valence-corrected chi connectivity index (χ2v) is 6.22. The van der Waals surface area contributed by atoms with Crippen molar-refractivity contribution in [3.63, 3.8) is 0 Å². The molecule has 6 heteroatoms. The summed E-state index contributed by atoms with van der Waals surface area (Å²) in [6, 6.07) is 7.94. The summed E-state index contributed by atoms with van der Waals surface area (Å²) in [7, 11) is 0. The Balaban J connectivity index is 1.48. The lowest BCUT2D eigenvalue weighted by Crippen LogP contribution is -2.39. The molecule has 0 bridgehead atoms. The molecule has 1 saturated heterocycles. The van der Waals surface area contributed by atoms with Crippen LogP contribution in [0.5, 0.6) is 0 Å². The number of pyridine rings is 1. The van der Waals surface area contributed by atoms with Gasteiger partial charge in [-0.25, -0.2) is 4.98 Å². The lowest BCUT2D eigenvalue weighted by Gasteiger charge is -2.31. The van der Waals surface area contributed by atoms with Crippen LogP contribution in [-0.4, -0.2) is 43.1 Å². The minimum absolute atomic E-state index is 0.0173. The number of imidazole rings is 1. The third-order valence-corrected chi connectivity index (χ3v) is 4.88. The zero-order valence-electron chi connectivity index (χ0n) is 13.8. The van der Waals surface area contributed by atoms with Gasteiger partial charge in [-0.05, 0) is 38.0 Å². The summed E-state index contributed by atoms with van der Waals surface area (Å²) in [5, 5.41) is 4.36. The van der Waals surface area contributed by atoms with Gasteiger partial charge < -0.3 is 4.90 Å². The molecule has 0 N–H and O–H groups in total. The van der Waals surface area contributed by atoms with Crippen LogP contribution in [0.15, 0.2) is 42.9 Å². The number of carbonyl (C=O) groups excluding carboxylic acids is 1. The molecule has 1 amide bonds. The molecule has 0 unspecified atom stereocenters. The molecule has 6 nitrogen and oxygen atoms in total. The summed E-state index contributed by atoms with van der Waals surface area (Å²) in [6.45, 7) is 4.53. The molecule has 4 heterocycles. The van der Waals surface area contributed by atoms with Crippen molar-refractivity contribution in [3.05, 3.63) is 54.4 Å². The third kappa shape index (κ3) is 2.48. The second kappa shape index (κ2) is 6.11. The lowest BCUT2D eigenvalue weighted by molar-refractivity contribution is 0.0698. The largest absolute Gasteiger partial charge is 0.336 e. The number of nitrogens with zero attached hydrogens (tertiary/aromatic N) is 5. The average molecular weight is 323 g/mol. The van der Waals surface area contributed by atoms with Gasteiger partial charge in [0.2, 0.25) is 5.82 Å². The number of hydrogen-bond donors (Lipinski definition) is 0. The Kier molecular flexibility index (Phi) is 3.80. The van der Waals surface area contributed by atoms with Gasteiger partial charge >= 0.3 is 0 Å². The number of hydrogen-bond acceptors (Lipinski definition) is 3. The van der Waals surface area contributed by atoms with Crippen LogP contribution in [0, 0.1) is 0 Å². The SMILES string of the molecule is CCn1nccc1C1CCN(C(=O)c2ncc3ccccn23)CC1. The number of fused-ring (bicyclic) bond motifs is 1. The normalized spacial score (nSPS) is 16.0. The number of aryl methyl sites for hydroxylation is 1. The number of rotatable bonds is 3. The van der Waals surface area contributed by atoms with Crippen molar-refractivity contribution in [2.24, 2.45) is 0 Å². The van der Waals surface area contributed by atoms with E-state index in [0.29, 0.717) is 11.7 Å².